The van der Waals surface area contributed by atoms with Crippen LogP contribution in [-0.2, 0) is 4.74 Å². The summed E-state index contributed by atoms with van der Waals surface area (Å²) in [6.45, 7) is 2.38. The third-order valence-corrected chi connectivity index (χ3v) is 2.76. The lowest BCUT2D eigenvalue weighted by Crippen LogP contribution is -2.17. The largest absolute Gasteiger partial charge is 0.362 e. The highest BCUT2D eigenvalue weighted by atomic mass is 16.5. The van der Waals surface area contributed by atoms with E-state index >= 15 is 0 Å². The second-order valence-corrected chi connectivity index (χ2v) is 3.97. The van der Waals surface area contributed by atoms with Gasteiger partial charge in [-0.25, -0.2) is 0 Å². The second-order valence-electron chi connectivity index (χ2n) is 3.97. The van der Waals surface area contributed by atoms with E-state index in [0.29, 0.717) is 5.92 Å². The van der Waals surface area contributed by atoms with Gasteiger partial charge in [0.25, 0.3) is 0 Å². The summed E-state index contributed by atoms with van der Waals surface area (Å²) in [5, 5.41) is 8.45. The summed E-state index contributed by atoms with van der Waals surface area (Å²) >= 11 is 0. The number of hydrogen-bond acceptors (Lipinski definition) is 2. The first-order valence-corrected chi connectivity index (χ1v) is 5.85. The summed E-state index contributed by atoms with van der Waals surface area (Å²) < 4.78 is 5.46. The Morgan fingerprint density at radius 2 is 2.27 bits per heavy atom. The normalized spacial score (nSPS) is 24.3. The lowest BCUT2D eigenvalue weighted by molar-refractivity contribution is 0.0645. The summed E-state index contributed by atoms with van der Waals surface area (Å²) in [5.74, 6) is 6.88. The molecule has 0 N–H and O–H groups in total. The average Bonchev–Trinajstić information content (AvgIpc) is 2.69. The Morgan fingerprint density at radius 3 is 3.00 bits per heavy atom. The van der Waals surface area contributed by atoms with Gasteiger partial charge in [0, 0.05) is 12.3 Å². The number of hydrogen-bond donors (Lipinski definition) is 0. The topological polar surface area (TPSA) is 33.0 Å². The van der Waals surface area contributed by atoms with Crippen LogP contribution < -0.4 is 0 Å². The second kappa shape index (κ2) is 7.32. The molecule has 0 aromatic rings. The molecule has 82 valence electrons. The standard InChI is InChI=1S/C13H19NO/c1-2-3-4-5-7-12-8-6-9-13(12)15-11-10-14/h12-13H,2-4,6,8-9,11H2,1H3/t12-,13+/m1/s1. The molecule has 0 spiro atoms. The van der Waals surface area contributed by atoms with Gasteiger partial charge in [0.1, 0.15) is 6.61 Å². The van der Waals surface area contributed by atoms with E-state index < -0.39 is 0 Å². The highest BCUT2D eigenvalue weighted by molar-refractivity contribution is 5.08. The van der Waals surface area contributed by atoms with Gasteiger partial charge < -0.3 is 4.74 Å². The maximum absolute atomic E-state index is 8.45. The molecule has 0 unspecified atom stereocenters. The molecule has 0 saturated heterocycles. The maximum atomic E-state index is 8.45. The first kappa shape index (κ1) is 12.1. The minimum atomic E-state index is 0.206. The van der Waals surface area contributed by atoms with Crippen molar-refractivity contribution in [2.75, 3.05) is 6.61 Å². The van der Waals surface area contributed by atoms with Crippen molar-refractivity contribution in [2.24, 2.45) is 5.92 Å². The molecule has 1 aliphatic rings. The molecular weight excluding hydrogens is 186 g/mol. The fourth-order valence-corrected chi connectivity index (χ4v) is 1.90. The van der Waals surface area contributed by atoms with Crippen molar-refractivity contribution in [3.05, 3.63) is 0 Å². The Morgan fingerprint density at radius 1 is 1.40 bits per heavy atom. The van der Waals surface area contributed by atoms with E-state index in [1.165, 1.54) is 19.3 Å². The van der Waals surface area contributed by atoms with E-state index in [1.807, 2.05) is 6.07 Å². The van der Waals surface area contributed by atoms with Crippen molar-refractivity contribution < 1.29 is 4.74 Å². The first-order chi connectivity index (χ1) is 7.38. The SMILES string of the molecule is CCCCC#C[C@@H]1CCC[C@@H]1OCC#N. The third kappa shape index (κ3) is 4.36. The summed E-state index contributed by atoms with van der Waals surface area (Å²) in [6, 6.07) is 2.02. The summed E-state index contributed by atoms with van der Waals surface area (Å²) in [6.07, 6.45) is 6.97. The van der Waals surface area contributed by atoms with Crippen molar-refractivity contribution in [2.45, 2.75) is 51.6 Å². The summed E-state index contributed by atoms with van der Waals surface area (Å²) in [5.41, 5.74) is 0. The summed E-state index contributed by atoms with van der Waals surface area (Å²) in [4.78, 5) is 0. The van der Waals surface area contributed by atoms with Gasteiger partial charge in [0.15, 0.2) is 0 Å². The molecule has 1 fully saturated rings. The Labute approximate surface area is 92.6 Å². The fourth-order valence-electron chi connectivity index (χ4n) is 1.90. The molecule has 2 heteroatoms. The highest BCUT2D eigenvalue weighted by Crippen LogP contribution is 2.27. The van der Waals surface area contributed by atoms with E-state index in [9.17, 15) is 0 Å². The molecule has 1 aliphatic carbocycles. The zero-order valence-corrected chi connectivity index (χ0v) is 9.46. The van der Waals surface area contributed by atoms with E-state index in [0.717, 1.165) is 19.3 Å². The van der Waals surface area contributed by atoms with Crippen LogP contribution in [0.25, 0.3) is 0 Å². The predicted octanol–water partition coefficient (Wildman–Crippen LogP) is 2.89. The van der Waals surface area contributed by atoms with Gasteiger partial charge in [-0.2, -0.15) is 5.26 Å². The molecule has 1 saturated carbocycles. The average molecular weight is 205 g/mol. The molecule has 2 atom stereocenters. The fraction of sp³-hybridized carbons (Fsp3) is 0.769. The van der Waals surface area contributed by atoms with Crippen LogP contribution in [0, 0.1) is 29.1 Å². The number of nitriles is 1. The van der Waals surface area contributed by atoms with Crippen LogP contribution in [0.1, 0.15) is 45.4 Å². The zero-order valence-electron chi connectivity index (χ0n) is 9.46. The molecule has 0 aromatic carbocycles. The quantitative estimate of drug-likeness (QED) is 0.522. The molecule has 0 aliphatic heterocycles. The number of rotatable bonds is 4. The lowest BCUT2D eigenvalue weighted by atomic mass is 10.1. The van der Waals surface area contributed by atoms with Crippen molar-refractivity contribution >= 4 is 0 Å². The van der Waals surface area contributed by atoms with Crippen LogP contribution in [0.3, 0.4) is 0 Å². The highest BCUT2D eigenvalue weighted by Gasteiger charge is 2.26. The predicted molar refractivity (Wildman–Crippen MR) is 60.0 cm³/mol. The van der Waals surface area contributed by atoms with E-state index in [1.54, 1.807) is 0 Å². The van der Waals surface area contributed by atoms with Gasteiger partial charge in [-0.05, 0) is 25.7 Å². The van der Waals surface area contributed by atoms with E-state index in [2.05, 4.69) is 18.8 Å². The summed E-state index contributed by atoms with van der Waals surface area (Å²) in [7, 11) is 0. The van der Waals surface area contributed by atoms with Crippen LogP contribution in [-0.4, -0.2) is 12.7 Å². The molecule has 15 heavy (non-hydrogen) atoms. The smallest absolute Gasteiger partial charge is 0.134 e. The van der Waals surface area contributed by atoms with Gasteiger partial charge in [0.05, 0.1) is 12.2 Å². The van der Waals surface area contributed by atoms with E-state index in [4.69, 9.17) is 10.00 Å². The van der Waals surface area contributed by atoms with Gasteiger partial charge in [-0.1, -0.05) is 19.3 Å². The minimum absolute atomic E-state index is 0.206. The molecule has 2 nitrogen and oxygen atoms in total. The van der Waals surface area contributed by atoms with Gasteiger partial charge >= 0.3 is 0 Å². The lowest BCUT2D eigenvalue weighted by Gasteiger charge is -2.12. The monoisotopic (exact) mass is 205 g/mol. The Hall–Kier alpha value is -0.990. The van der Waals surface area contributed by atoms with Crippen LogP contribution in [0.5, 0.6) is 0 Å². The van der Waals surface area contributed by atoms with Crippen LogP contribution in [0.15, 0.2) is 0 Å². The first-order valence-electron chi connectivity index (χ1n) is 5.85. The molecular formula is C13H19NO. The Bertz CT molecular complexity index is 268. The van der Waals surface area contributed by atoms with Crippen LogP contribution in [0.4, 0.5) is 0 Å². The number of ether oxygens (including phenoxy) is 1. The van der Waals surface area contributed by atoms with Crippen molar-refractivity contribution in [1.82, 2.24) is 0 Å². The molecule has 0 bridgehead atoms. The molecule has 0 amide bonds. The Kier molecular flexibility index (Phi) is 5.90. The van der Waals surface area contributed by atoms with Gasteiger partial charge in [0.2, 0.25) is 0 Å². The van der Waals surface area contributed by atoms with Crippen molar-refractivity contribution in [3.8, 4) is 17.9 Å². The minimum Gasteiger partial charge on any atom is -0.362 e. The van der Waals surface area contributed by atoms with Crippen LogP contribution >= 0.6 is 0 Å². The van der Waals surface area contributed by atoms with Crippen molar-refractivity contribution in [3.63, 3.8) is 0 Å². The Balaban J connectivity index is 2.31. The number of unbranched alkanes of at least 4 members (excludes halogenated alkanes) is 2. The molecule has 0 heterocycles. The molecule has 1 rings (SSSR count). The zero-order chi connectivity index (χ0) is 10.9. The molecule has 0 aromatic heterocycles. The maximum Gasteiger partial charge on any atom is 0.134 e. The van der Waals surface area contributed by atoms with Gasteiger partial charge in [-0.15, -0.1) is 5.92 Å². The van der Waals surface area contributed by atoms with E-state index in [-0.39, 0.29) is 12.7 Å². The van der Waals surface area contributed by atoms with Crippen molar-refractivity contribution in [1.29, 1.82) is 5.26 Å². The third-order valence-electron chi connectivity index (χ3n) is 2.76. The molecule has 0 radical (unpaired) electrons. The van der Waals surface area contributed by atoms with Gasteiger partial charge in [-0.3, -0.25) is 0 Å². The van der Waals surface area contributed by atoms with Crippen LogP contribution in [0.2, 0.25) is 0 Å². The number of nitrogens with zero attached hydrogens (tertiary/aromatic N) is 1.